The first-order valence-corrected chi connectivity index (χ1v) is 6.84. The molecule has 0 saturated heterocycles. The number of carbonyl (C=O) groups excluding carboxylic acids is 1. The second kappa shape index (κ2) is 5.53. The largest absolute Gasteiger partial charge is 0.461 e. The van der Waals surface area contributed by atoms with E-state index in [0.29, 0.717) is 17.8 Å². The van der Waals surface area contributed by atoms with Crippen molar-refractivity contribution in [3.63, 3.8) is 0 Å². The smallest absolute Gasteiger partial charge is 0.256 e. The number of fused-ring (bicyclic) bond motifs is 1. The summed E-state index contributed by atoms with van der Waals surface area (Å²) in [6.07, 6.45) is 1.71. The molecule has 0 atom stereocenters. The molecule has 7 nitrogen and oxygen atoms in total. The van der Waals surface area contributed by atoms with Crippen LogP contribution in [0.5, 0.6) is 0 Å². The Morgan fingerprint density at radius 3 is 3.00 bits per heavy atom. The highest BCUT2D eigenvalue weighted by atomic mass is 16.3. The van der Waals surface area contributed by atoms with Crippen LogP contribution in [0.1, 0.15) is 5.76 Å². The van der Waals surface area contributed by atoms with Crippen LogP contribution in [-0.4, -0.2) is 30.5 Å². The Labute approximate surface area is 127 Å². The van der Waals surface area contributed by atoms with Gasteiger partial charge in [-0.1, -0.05) is 0 Å². The summed E-state index contributed by atoms with van der Waals surface area (Å²) >= 11 is 0. The summed E-state index contributed by atoms with van der Waals surface area (Å²) in [5.74, 6) is 0.626. The standard InChI is InChI=1S/C15H17N5O2/c1-9-5-10-6-12(3-4-13(10)22-9)18-15(16)19-14(21)11-7-17-20(2)8-11/h3-6,8,17H,7H2,1-2H3,(H3,16,18,19,21). The molecule has 2 heterocycles. The lowest BCUT2D eigenvalue weighted by molar-refractivity contribution is -0.116. The van der Waals surface area contributed by atoms with Crippen molar-refractivity contribution in [2.45, 2.75) is 6.92 Å². The quantitative estimate of drug-likeness (QED) is 0.571. The van der Waals surface area contributed by atoms with E-state index in [4.69, 9.17) is 10.2 Å². The van der Waals surface area contributed by atoms with E-state index in [1.165, 1.54) is 0 Å². The Kier molecular flexibility index (Phi) is 3.56. The normalized spacial score (nSPS) is 15.3. The molecule has 1 aromatic heterocycles. The minimum absolute atomic E-state index is 0.0556. The molecular formula is C15H17N5O2. The molecule has 0 saturated carbocycles. The third-order valence-electron chi connectivity index (χ3n) is 3.27. The minimum atomic E-state index is -0.265. The molecular weight excluding hydrogens is 282 g/mol. The van der Waals surface area contributed by atoms with Crippen LogP contribution >= 0.6 is 0 Å². The average Bonchev–Trinajstić information content (AvgIpc) is 3.03. The van der Waals surface area contributed by atoms with Crippen molar-refractivity contribution in [1.29, 1.82) is 0 Å². The zero-order valence-electron chi connectivity index (χ0n) is 12.4. The number of furan rings is 1. The second-order valence-corrected chi connectivity index (χ2v) is 5.13. The number of nitrogens with one attached hydrogen (secondary N) is 2. The average molecular weight is 299 g/mol. The molecule has 1 aliphatic rings. The predicted molar refractivity (Wildman–Crippen MR) is 84.2 cm³/mol. The van der Waals surface area contributed by atoms with Crippen LogP contribution in [0.3, 0.4) is 0 Å². The van der Waals surface area contributed by atoms with E-state index in [1.807, 2.05) is 32.2 Å². The van der Waals surface area contributed by atoms with Crippen molar-refractivity contribution in [2.24, 2.45) is 10.7 Å². The van der Waals surface area contributed by atoms with E-state index >= 15 is 0 Å². The highest BCUT2D eigenvalue weighted by molar-refractivity contribution is 6.05. The molecule has 7 heteroatoms. The van der Waals surface area contributed by atoms with Gasteiger partial charge in [-0.05, 0) is 31.2 Å². The first-order valence-electron chi connectivity index (χ1n) is 6.84. The summed E-state index contributed by atoms with van der Waals surface area (Å²) in [4.78, 5) is 16.2. The van der Waals surface area contributed by atoms with Crippen molar-refractivity contribution >= 4 is 28.5 Å². The summed E-state index contributed by atoms with van der Waals surface area (Å²) in [6, 6.07) is 7.39. The lowest BCUT2D eigenvalue weighted by Gasteiger charge is -2.04. The number of aryl methyl sites for hydroxylation is 1. The molecule has 3 rings (SSSR count). The number of amides is 1. The third-order valence-corrected chi connectivity index (χ3v) is 3.27. The van der Waals surface area contributed by atoms with Gasteiger partial charge in [0.2, 0.25) is 5.96 Å². The SMILES string of the molecule is Cc1cc2cc(N=C(N)NC(=O)C3=CN(C)NC3)ccc2o1. The molecule has 1 aromatic carbocycles. The summed E-state index contributed by atoms with van der Waals surface area (Å²) < 4.78 is 5.50. The van der Waals surface area contributed by atoms with Gasteiger partial charge in [0.1, 0.15) is 11.3 Å². The molecule has 1 aliphatic heterocycles. The van der Waals surface area contributed by atoms with E-state index in [0.717, 1.165) is 16.7 Å². The van der Waals surface area contributed by atoms with Crippen molar-refractivity contribution < 1.29 is 9.21 Å². The van der Waals surface area contributed by atoms with Crippen LogP contribution in [0.25, 0.3) is 11.0 Å². The number of hydrogen-bond donors (Lipinski definition) is 3. The zero-order chi connectivity index (χ0) is 15.7. The fraction of sp³-hybridized carbons (Fsp3) is 0.200. The van der Waals surface area contributed by atoms with Crippen LogP contribution in [0.15, 0.2) is 45.4 Å². The van der Waals surface area contributed by atoms with Gasteiger partial charge < -0.3 is 15.2 Å². The molecule has 0 spiro atoms. The number of benzene rings is 1. The van der Waals surface area contributed by atoms with Crippen molar-refractivity contribution in [3.8, 4) is 0 Å². The van der Waals surface area contributed by atoms with Crippen molar-refractivity contribution in [3.05, 3.63) is 41.8 Å². The molecule has 2 aromatic rings. The fourth-order valence-electron chi connectivity index (χ4n) is 2.27. The van der Waals surface area contributed by atoms with Gasteiger partial charge >= 0.3 is 0 Å². The molecule has 0 unspecified atom stereocenters. The van der Waals surface area contributed by atoms with Crippen LogP contribution in [-0.2, 0) is 4.79 Å². The van der Waals surface area contributed by atoms with E-state index in [2.05, 4.69) is 15.7 Å². The molecule has 22 heavy (non-hydrogen) atoms. The maximum atomic E-state index is 12.0. The summed E-state index contributed by atoms with van der Waals surface area (Å²) in [5, 5.41) is 5.24. The zero-order valence-corrected chi connectivity index (χ0v) is 12.4. The van der Waals surface area contributed by atoms with Crippen molar-refractivity contribution in [2.75, 3.05) is 13.6 Å². The number of carbonyl (C=O) groups is 1. The minimum Gasteiger partial charge on any atom is -0.461 e. The summed E-state index contributed by atoms with van der Waals surface area (Å²) in [6.45, 7) is 2.35. The highest BCUT2D eigenvalue weighted by Gasteiger charge is 2.16. The van der Waals surface area contributed by atoms with Gasteiger partial charge in [-0.25, -0.2) is 10.4 Å². The molecule has 0 fully saturated rings. The lowest BCUT2D eigenvalue weighted by atomic mass is 10.2. The number of nitrogens with zero attached hydrogens (tertiary/aromatic N) is 2. The lowest BCUT2D eigenvalue weighted by Crippen LogP contribution is -2.38. The highest BCUT2D eigenvalue weighted by Crippen LogP contribution is 2.24. The first-order chi connectivity index (χ1) is 10.5. The number of nitrogens with two attached hydrogens (primary N) is 1. The topological polar surface area (TPSA) is 95.9 Å². The van der Waals surface area contributed by atoms with Crippen LogP contribution in [0.4, 0.5) is 5.69 Å². The predicted octanol–water partition coefficient (Wildman–Crippen LogP) is 1.14. The molecule has 4 N–H and O–H groups in total. The molecule has 0 radical (unpaired) electrons. The van der Waals surface area contributed by atoms with Crippen LogP contribution in [0, 0.1) is 6.92 Å². The Balaban J connectivity index is 1.75. The Morgan fingerprint density at radius 1 is 1.45 bits per heavy atom. The van der Waals surface area contributed by atoms with Crippen molar-refractivity contribution in [1.82, 2.24) is 15.8 Å². The number of rotatable bonds is 2. The second-order valence-electron chi connectivity index (χ2n) is 5.13. The maximum absolute atomic E-state index is 12.0. The van der Waals surface area contributed by atoms with Gasteiger partial charge in [-0.15, -0.1) is 0 Å². The van der Waals surface area contributed by atoms with Gasteiger partial charge in [0.05, 0.1) is 11.3 Å². The number of guanidine groups is 1. The van der Waals surface area contributed by atoms with E-state index in [-0.39, 0.29) is 11.9 Å². The summed E-state index contributed by atoms with van der Waals surface area (Å²) in [7, 11) is 1.82. The molecule has 0 bridgehead atoms. The maximum Gasteiger partial charge on any atom is 0.256 e. The first kappa shape index (κ1) is 14.2. The third kappa shape index (κ3) is 2.94. The Morgan fingerprint density at radius 2 is 2.27 bits per heavy atom. The van der Waals surface area contributed by atoms with Gasteiger partial charge in [-0.3, -0.25) is 10.1 Å². The fourth-order valence-corrected chi connectivity index (χ4v) is 2.27. The van der Waals surface area contributed by atoms with Gasteiger partial charge in [0.15, 0.2) is 0 Å². The molecule has 1 amide bonds. The Bertz CT molecular complexity index is 790. The van der Waals surface area contributed by atoms with Gasteiger partial charge in [0.25, 0.3) is 5.91 Å². The molecule has 0 aliphatic carbocycles. The van der Waals surface area contributed by atoms with Crippen LogP contribution < -0.4 is 16.5 Å². The van der Waals surface area contributed by atoms with E-state index in [9.17, 15) is 4.79 Å². The number of hydrogen-bond acceptors (Lipinski definition) is 5. The van der Waals surface area contributed by atoms with Gasteiger partial charge in [-0.2, -0.15) is 0 Å². The summed E-state index contributed by atoms with van der Waals surface area (Å²) in [5.41, 5.74) is 10.8. The monoisotopic (exact) mass is 299 g/mol. The number of hydrazine groups is 1. The van der Waals surface area contributed by atoms with Crippen LogP contribution in [0.2, 0.25) is 0 Å². The number of aliphatic imine (C=N–C) groups is 1. The Hall–Kier alpha value is -2.80. The van der Waals surface area contributed by atoms with E-state index < -0.39 is 0 Å². The van der Waals surface area contributed by atoms with E-state index in [1.54, 1.807) is 17.3 Å². The molecule has 114 valence electrons. The van der Waals surface area contributed by atoms with Gasteiger partial charge in [0, 0.05) is 25.2 Å².